The van der Waals surface area contributed by atoms with Crippen molar-refractivity contribution in [2.24, 2.45) is 0 Å². The van der Waals surface area contributed by atoms with E-state index in [9.17, 15) is 8.42 Å². The van der Waals surface area contributed by atoms with Crippen molar-refractivity contribution in [2.75, 3.05) is 26.0 Å². The molecule has 0 saturated heterocycles. The van der Waals surface area contributed by atoms with Crippen LogP contribution in [0.2, 0.25) is 0 Å². The van der Waals surface area contributed by atoms with Gasteiger partial charge in [-0.1, -0.05) is 12.5 Å². The molecule has 0 aliphatic heterocycles. The molecule has 1 rings (SSSR count). The molecule has 1 fully saturated rings. The van der Waals surface area contributed by atoms with Crippen LogP contribution in [0, 0.1) is 0 Å². The fourth-order valence-corrected chi connectivity index (χ4v) is 3.68. The minimum absolute atomic E-state index is 0.105. The third-order valence-electron chi connectivity index (χ3n) is 3.12. The van der Waals surface area contributed by atoms with Gasteiger partial charge in [0.1, 0.15) is 0 Å². The third-order valence-corrected chi connectivity index (χ3v) is 4.79. The van der Waals surface area contributed by atoms with E-state index in [1.807, 2.05) is 6.08 Å². The molecule has 5 heteroatoms. The normalized spacial score (nSPS) is 25.0. The van der Waals surface area contributed by atoms with Crippen LogP contribution in [0.5, 0.6) is 0 Å². The van der Waals surface area contributed by atoms with Crippen molar-refractivity contribution in [1.29, 1.82) is 0 Å². The molecule has 1 saturated carbocycles. The Kier molecular flexibility index (Phi) is 6.16. The van der Waals surface area contributed by atoms with Gasteiger partial charge in [-0.25, -0.2) is 8.42 Å². The van der Waals surface area contributed by atoms with Gasteiger partial charge in [-0.2, -0.15) is 0 Å². The Hall–Kier alpha value is -0.390. The van der Waals surface area contributed by atoms with E-state index in [-0.39, 0.29) is 11.3 Å². The SMILES string of the molecule is C=CCCOCCNC1CCCC1S(C)(=O)=O. The van der Waals surface area contributed by atoms with Gasteiger partial charge in [0.2, 0.25) is 0 Å². The second kappa shape index (κ2) is 7.13. The maximum atomic E-state index is 11.5. The van der Waals surface area contributed by atoms with E-state index in [1.165, 1.54) is 6.26 Å². The van der Waals surface area contributed by atoms with Crippen molar-refractivity contribution >= 4 is 9.84 Å². The Morgan fingerprint density at radius 3 is 2.82 bits per heavy atom. The molecule has 1 aliphatic rings. The third kappa shape index (κ3) is 5.19. The largest absolute Gasteiger partial charge is 0.380 e. The summed E-state index contributed by atoms with van der Waals surface area (Å²) in [5.41, 5.74) is 0. The monoisotopic (exact) mass is 261 g/mol. The van der Waals surface area contributed by atoms with Crippen molar-refractivity contribution in [3.63, 3.8) is 0 Å². The highest BCUT2D eigenvalue weighted by Crippen LogP contribution is 2.24. The number of hydrogen-bond donors (Lipinski definition) is 1. The highest BCUT2D eigenvalue weighted by atomic mass is 32.2. The lowest BCUT2D eigenvalue weighted by Gasteiger charge is -2.19. The standard InChI is InChI=1S/C12H23NO3S/c1-3-4-9-16-10-8-13-11-6-5-7-12(11)17(2,14)15/h3,11-13H,1,4-10H2,2H3. The number of sulfone groups is 1. The smallest absolute Gasteiger partial charge is 0.151 e. The van der Waals surface area contributed by atoms with Crippen LogP contribution in [0.1, 0.15) is 25.7 Å². The van der Waals surface area contributed by atoms with Crippen LogP contribution in [0.15, 0.2) is 12.7 Å². The molecule has 4 nitrogen and oxygen atoms in total. The second-order valence-electron chi connectivity index (χ2n) is 4.55. The molecule has 17 heavy (non-hydrogen) atoms. The molecule has 0 amide bonds. The molecule has 2 unspecified atom stereocenters. The molecule has 100 valence electrons. The predicted octanol–water partition coefficient (Wildman–Crippen LogP) is 1.13. The lowest BCUT2D eigenvalue weighted by Crippen LogP contribution is -2.41. The molecule has 0 bridgehead atoms. The summed E-state index contributed by atoms with van der Waals surface area (Å²) in [5.74, 6) is 0. The fourth-order valence-electron chi connectivity index (χ4n) is 2.26. The molecule has 0 aromatic heterocycles. The van der Waals surface area contributed by atoms with Crippen molar-refractivity contribution in [2.45, 2.75) is 37.0 Å². The summed E-state index contributed by atoms with van der Waals surface area (Å²) >= 11 is 0. The van der Waals surface area contributed by atoms with Gasteiger partial charge in [0.05, 0.1) is 18.5 Å². The highest BCUT2D eigenvalue weighted by molar-refractivity contribution is 7.91. The average Bonchev–Trinajstić information content (AvgIpc) is 2.71. The molecule has 1 aliphatic carbocycles. The maximum absolute atomic E-state index is 11.5. The summed E-state index contributed by atoms with van der Waals surface area (Å²) in [6.45, 7) is 5.64. The molecule has 0 heterocycles. The average molecular weight is 261 g/mol. The van der Waals surface area contributed by atoms with E-state index >= 15 is 0 Å². The molecular formula is C12H23NO3S. The minimum Gasteiger partial charge on any atom is -0.380 e. The first-order valence-electron chi connectivity index (χ1n) is 6.16. The fraction of sp³-hybridized carbons (Fsp3) is 0.833. The quantitative estimate of drug-likeness (QED) is 0.526. The summed E-state index contributed by atoms with van der Waals surface area (Å²) in [6.07, 6.45) is 6.74. The number of ether oxygens (including phenoxy) is 1. The van der Waals surface area contributed by atoms with Gasteiger partial charge >= 0.3 is 0 Å². The summed E-state index contributed by atoms with van der Waals surface area (Å²) in [7, 11) is -2.92. The first-order valence-corrected chi connectivity index (χ1v) is 8.12. The molecule has 0 radical (unpaired) electrons. The van der Waals surface area contributed by atoms with Crippen molar-refractivity contribution in [3.8, 4) is 0 Å². The van der Waals surface area contributed by atoms with Gasteiger partial charge in [0.25, 0.3) is 0 Å². The van der Waals surface area contributed by atoms with Gasteiger partial charge in [0, 0.05) is 18.8 Å². The zero-order valence-electron chi connectivity index (χ0n) is 10.5. The molecule has 0 spiro atoms. The van der Waals surface area contributed by atoms with Gasteiger partial charge in [-0.15, -0.1) is 6.58 Å². The first kappa shape index (κ1) is 14.7. The van der Waals surface area contributed by atoms with Gasteiger partial charge in [-0.05, 0) is 19.3 Å². The minimum atomic E-state index is -2.92. The van der Waals surface area contributed by atoms with Gasteiger partial charge in [0.15, 0.2) is 9.84 Å². The van der Waals surface area contributed by atoms with E-state index in [4.69, 9.17) is 4.74 Å². The Balaban J connectivity index is 2.20. The van der Waals surface area contributed by atoms with Gasteiger partial charge < -0.3 is 10.1 Å². The first-order chi connectivity index (χ1) is 8.05. The summed E-state index contributed by atoms with van der Waals surface area (Å²) in [5, 5.41) is 3.07. The number of rotatable bonds is 8. The van der Waals surface area contributed by atoms with Crippen LogP contribution < -0.4 is 5.32 Å². The number of nitrogens with one attached hydrogen (secondary N) is 1. The van der Waals surface area contributed by atoms with E-state index < -0.39 is 9.84 Å². The molecule has 2 atom stereocenters. The molecule has 0 aromatic rings. The number of hydrogen-bond acceptors (Lipinski definition) is 4. The highest BCUT2D eigenvalue weighted by Gasteiger charge is 2.34. The Bertz CT molecular complexity index is 327. The van der Waals surface area contributed by atoms with Crippen LogP contribution in [0.4, 0.5) is 0 Å². The Labute approximate surface area is 104 Å². The summed E-state index contributed by atoms with van der Waals surface area (Å²) < 4.78 is 28.4. The van der Waals surface area contributed by atoms with Gasteiger partial charge in [-0.3, -0.25) is 0 Å². The van der Waals surface area contributed by atoms with Crippen LogP contribution >= 0.6 is 0 Å². The molecule has 1 N–H and O–H groups in total. The second-order valence-corrected chi connectivity index (χ2v) is 6.81. The van der Waals surface area contributed by atoms with Crippen LogP contribution in [-0.2, 0) is 14.6 Å². The Morgan fingerprint density at radius 1 is 1.41 bits per heavy atom. The van der Waals surface area contributed by atoms with Crippen LogP contribution in [0.25, 0.3) is 0 Å². The van der Waals surface area contributed by atoms with Crippen molar-refractivity contribution < 1.29 is 13.2 Å². The topological polar surface area (TPSA) is 55.4 Å². The van der Waals surface area contributed by atoms with Crippen LogP contribution in [0.3, 0.4) is 0 Å². The van der Waals surface area contributed by atoms with Crippen molar-refractivity contribution in [3.05, 3.63) is 12.7 Å². The van der Waals surface area contributed by atoms with E-state index in [0.717, 1.165) is 25.7 Å². The molecular weight excluding hydrogens is 238 g/mol. The van der Waals surface area contributed by atoms with Crippen LogP contribution in [-0.4, -0.2) is 45.7 Å². The maximum Gasteiger partial charge on any atom is 0.151 e. The summed E-state index contributed by atoms with van der Waals surface area (Å²) in [4.78, 5) is 0. The molecule has 0 aromatic carbocycles. The van der Waals surface area contributed by atoms with E-state index in [1.54, 1.807) is 0 Å². The van der Waals surface area contributed by atoms with Crippen molar-refractivity contribution in [1.82, 2.24) is 5.32 Å². The van der Waals surface area contributed by atoms with E-state index in [0.29, 0.717) is 19.8 Å². The van der Waals surface area contributed by atoms with E-state index in [2.05, 4.69) is 11.9 Å². The summed E-state index contributed by atoms with van der Waals surface area (Å²) in [6, 6.07) is 0.105. The zero-order valence-corrected chi connectivity index (χ0v) is 11.3. The lowest BCUT2D eigenvalue weighted by atomic mass is 10.2. The Morgan fingerprint density at radius 2 is 2.18 bits per heavy atom. The zero-order chi connectivity index (χ0) is 12.7. The lowest BCUT2D eigenvalue weighted by molar-refractivity contribution is 0.138. The predicted molar refractivity (Wildman–Crippen MR) is 69.9 cm³/mol.